The minimum Gasteiger partial charge on any atom is -0.348 e. The van der Waals surface area contributed by atoms with Gasteiger partial charge in [0.25, 0.3) is 0 Å². The number of fused-ring (bicyclic) bond motifs is 3. The molecule has 0 amide bonds. The van der Waals surface area contributed by atoms with Crippen molar-refractivity contribution in [3.63, 3.8) is 0 Å². The van der Waals surface area contributed by atoms with Crippen molar-refractivity contribution in [3.8, 4) is 0 Å². The predicted octanol–water partition coefficient (Wildman–Crippen LogP) is 1.90. The van der Waals surface area contributed by atoms with Gasteiger partial charge in [-0.3, -0.25) is 9.30 Å². The van der Waals surface area contributed by atoms with Crippen molar-refractivity contribution in [3.05, 3.63) is 54.1 Å². The van der Waals surface area contributed by atoms with Crippen LogP contribution in [0.15, 0.2) is 42.7 Å². The van der Waals surface area contributed by atoms with E-state index in [0.717, 1.165) is 36.9 Å². The number of likely N-dealkylation sites (tertiary alicyclic amines) is 1. The third-order valence-corrected chi connectivity index (χ3v) is 5.33. The van der Waals surface area contributed by atoms with E-state index in [1.54, 1.807) is 0 Å². The number of rotatable bonds is 3. The van der Waals surface area contributed by atoms with Crippen molar-refractivity contribution >= 4 is 11.5 Å². The summed E-state index contributed by atoms with van der Waals surface area (Å²) in [5.41, 5.74) is 2.27. The Bertz CT molecular complexity index is 874. The Morgan fingerprint density at radius 1 is 1.08 bits per heavy atom. The number of hydrogen-bond acceptors (Lipinski definition) is 5. The molecule has 2 saturated heterocycles. The van der Waals surface area contributed by atoms with Crippen molar-refractivity contribution in [2.24, 2.45) is 0 Å². The summed E-state index contributed by atoms with van der Waals surface area (Å²) in [7, 11) is 0. The van der Waals surface area contributed by atoms with Crippen LogP contribution in [0.25, 0.3) is 5.65 Å². The van der Waals surface area contributed by atoms with E-state index >= 15 is 0 Å². The first-order valence-electron chi connectivity index (χ1n) is 8.50. The summed E-state index contributed by atoms with van der Waals surface area (Å²) in [6.07, 6.45) is 5.00. The number of aryl methyl sites for hydroxylation is 1. The average molecular weight is 320 g/mol. The van der Waals surface area contributed by atoms with Gasteiger partial charge in [0.2, 0.25) is 5.65 Å². The molecule has 2 aliphatic rings. The monoisotopic (exact) mass is 320 g/mol. The molecule has 0 aliphatic carbocycles. The van der Waals surface area contributed by atoms with Gasteiger partial charge in [0.15, 0.2) is 5.82 Å². The Kier molecular flexibility index (Phi) is 3.06. The number of anilines is 1. The summed E-state index contributed by atoms with van der Waals surface area (Å²) in [6.45, 7) is 5.13. The largest absolute Gasteiger partial charge is 0.348 e. The third kappa shape index (κ3) is 2.10. The first kappa shape index (κ1) is 13.9. The van der Waals surface area contributed by atoms with Gasteiger partial charge in [-0.05, 0) is 18.9 Å². The van der Waals surface area contributed by atoms with Crippen LogP contribution >= 0.6 is 0 Å². The molecule has 0 N–H and O–H groups in total. The molecule has 4 heterocycles. The molecule has 2 aliphatic heterocycles. The number of benzene rings is 1. The van der Waals surface area contributed by atoms with Crippen LogP contribution in [0.5, 0.6) is 0 Å². The molecular formula is C18H20N6. The summed E-state index contributed by atoms with van der Waals surface area (Å²) >= 11 is 0. The van der Waals surface area contributed by atoms with Crippen LogP contribution in [0.1, 0.15) is 17.8 Å². The Balaban J connectivity index is 1.38. The van der Waals surface area contributed by atoms with Crippen LogP contribution < -0.4 is 4.90 Å². The van der Waals surface area contributed by atoms with E-state index in [1.807, 2.05) is 23.7 Å². The summed E-state index contributed by atoms with van der Waals surface area (Å²) in [5.74, 6) is 1.88. The number of aromatic nitrogens is 4. The summed E-state index contributed by atoms with van der Waals surface area (Å²) in [6, 6.07) is 11.9. The summed E-state index contributed by atoms with van der Waals surface area (Å²) < 4.78 is 2.02. The lowest BCUT2D eigenvalue weighted by atomic mass is 10.2. The predicted molar refractivity (Wildman–Crippen MR) is 91.9 cm³/mol. The van der Waals surface area contributed by atoms with Gasteiger partial charge < -0.3 is 4.90 Å². The Labute approximate surface area is 140 Å². The quantitative estimate of drug-likeness (QED) is 0.738. The van der Waals surface area contributed by atoms with Crippen molar-refractivity contribution in [1.29, 1.82) is 0 Å². The van der Waals surface area contributed by atoms with E-state index < -0.39 is 0 Å². The molecule has 0 saturated carbocycles. The van der Waals surface area contributed by atoms with Gasteiger partial charge in [0, 0.05) is 44.1 Å². The maximum Gasteiger partial charge on any atom is 0.203 e. The zero-order valence-corrected chi connectivity index (χ0v) is 13.7. The molecule has 6 heteroatoms. The van der Waals surface area contributed by atoms with Crippen LogP contribution in [0.2, 0.25) is 0 Å². The molecule has 2 fully saturated rings. The van der Waals surface area contributed by atoms with E-state index in [2.05, 4.69) is 55.3 Å². The average Bonchev–Trinajstić information content (AvgIpc) is 3.30. The second kappa shape index (κ2) is 5.27. The van der Waals surface area contributed by atoms with Crippen LogP contribution in [0, 0.1) is 6.92 Å². The molecule has 5 rings (SSSR count). The second-order valence-corrected chi connectivity index (χ2v) is 6.80. The molecular weight excluding hydrogens is 300 g/mol. The maximum atomic E-state index is 4.61. The van der Waals surface area contributed by atoms with Crippen molar-refractivity contribution in [1.82, 2.24) is 24.5 Å². The van der Waals surface area contributed by atoms with E-state index in [-0.39, 0.29) is 0 Å². The molecule has 2 bridgehead atoms. The van der Waals surface area contributed by atoms with Gasteiger partial charge in [0.1, 0.15) is 5.82 Å². The zero-order chi connectivity index (χ0) is 16.1. The fourth-order valence-corrected chi connectivity index (χ4v) is 4.15. The van der Waals surface area contributed by atoms with Gasteiger partial charge in [-0.15, -0.1) is 10.2 Å². The van der Waals surface area contributed by atoms with E-state index in [4.69, 9.17) is 0 Å². The molecule has 6 nitrogen and oxygen atoms in total. The Morgan fingerprint density at radius 2 is 1.96 bits per heavy atom. The minimum absolute atomic E-state index is 0.523. The van der Waals surface area contributed by atoms with Gasteiger partial charge in [0.05, 0.1) is 0 Å². The highest BCUT2D eigenvalue weighted by molar-refractivity contribution is 5.65. The number of nitrogens with zero attached hydrogens (tertiary/aromatic N) is 6. The van der Waals surface area contributed by atoms with Crippen LogP contribution in [-0.4, -0.2) is 49.7 Å². The molecule has 0 spiro atoms. The van der Waals surface area contributed by atoms with E-state index in [1.165, 1.54) is 12.0 Å². The SMILES string of the molecule is Cc1nnc2c(N3CC4CC3CN4Cc3ccccc3)nccn12. The van der Waals surface area contributed by atoms with Crippen molar-refractivity contribution < 1.29 is 0 Å². The van der Waals surface area contributed by atoms with Crippen molar-refractivity contribution in [2.45, 2.75) is 32.0 Å². The van der Waals surface area contributed by atoms with Gasteiger partial charge in [-0.1, -0.05) is 30.3 Å². The fourth-order valence-electron chi connectivity index (χ4n) is 4.15. The lowest BCUT2D eigenvalue weighted by Gasteiger charge is -2.34. The van der Waals surface area contributed by atoms with Crippen LogP contribution in [0.3, 0.4) is 0 Å². The second-order valence-electron chi connectivity index (χ2n) is 6.80. The maximum absolute atomic E-state index is 4.61. The Hall–Kier alpha value is -2.47. The van der Waals surface area contributed by atoms with Crippen LogP contribution in [-0.2, 0) is 6.54 Å². The molecule has 3 aromatic rings. The highest BCUT2D eigenvalue weighted by atomic mass is 15.4. The molecule has 1 aromatic carbocycles. The molecule has 122 valence electrons. The number of hydrogen-bond donors (Lipinski definition) is 0. The fraction of sp³-hybridized carbons (Fsp3) is 0.389. The summed E-state index contributed by atoms with van der Waals surface area (Å²) in [4.78, 5) is 9.64. The third-order valence-electron chi connectivity index (χ3n) is 5.33. The minimum atomic E-state index is 0.523. The Morgan fingerprint density at radius 3 is 2.75 bits per heavy atom. The van der Waals surface area contributed by atoms with Gasteiger partial charge >= 0.3 is 0 Å². The molecule has 2 aromatic heterocycles. The van der Waals surface area contributed by atoms with E-state index in [0.29, 0.717) is 12.1 Å². The first-order valence-corrected chi connectivity index (χ1v) is 8.50. The highest BCUT2D eigenvalue weighted by Crippen LogP contribution is 2.35. The van der Waals surface area contributed by atoms with Gasteiger partial charge in [-0.25, -0.2) is 4.98 Å². The zero-order valence-electron chi connectivity index (χ0n) is 13.7. The lowest BCUT2D eigenvalue weighted by molar-refractivity contribution is 0.230. The molecule has 24 heavy (non-hydrogen) atoms. The lowest BCUT2D eigenvalue weighted by Crippen LogP contribution is -2.46. The topological polar surface area (TPSA) is 49.6 Å². The summed E-state index contributed by atoms with van der Waals surface area (Å²) in [5, 5.41) is 8.52. The van der Waals surface area contributed by atoms with E-state index in [9.17, 15) is 0 Å². The number of piperazine rings is 1. The first-order chi connectivity index (χ1) is 11.8. The smallest absolute Gasteiger partial charge is 0.203 e. The van der Waals surface area contributed by atoms with Crippen LogP contribution in [0.4, 0.5) is 5.82 Å². The molecule has 2 atom stereocenters. The highest BCUT2D eigenvalue weighted by Gasteiger charge is 2.44. The molecule has 0 radical (unpaired) electrons. The molecule has 2 unspecified atom stereocenters. The normalized spacial score (nSPS) is 23.5. The standard InChI is InChI=1S/C18H20N6/c1-13-20-21-18-17(19-7-8-23(13)18)24-12-15-9-16(24)11-22(15)10-14-5-3-2-4-6-14/h2-8,15-16H,9-12H2,1H3. The van der Waals surface area contributed by atoms with Gasteiger partial charge in [-0.2, -0.15) is 0 Å². The van der Waals surface area contributed by atoms with Crippen molar-refractivity contribution in [2.75, 3.05) is 18.0 Å².